The molecule has 9 nitrogen and oxygen atoms in total. The van der Waals surface area contributed by atoms with Crippen LogP contribution in [0.15, 0.2) is 220 Å². The number of hydrogen-bond donors (Lipinski definition) is 1. The van der Waals surface area contributed by atoms with Gasteiger partial charge in [0.2, 0.25) is 0 Å². The zero-order chi connectivity index (χ0) is 62.5. The summed E-state index contributed by atoms with van der Waals surface area (Å²) in [5, 5.41) is 3.32. The largest absolute Gasteiger partial charge is 0.494 e. The van der Waals surface area contributed by atoms with Crippen LogP contribution in [0.1, 0.15) is 159 Å². The standard InChI is InChI=1S/C26H27Br2NO2.C26H29NO2.C14H21BrO.C12H9NO.3CH4/c1-2-3-4-5-6-7-16-30-22-12-10-21(11-13-22)29-23-14-8-19(27)17-25(23)31-26-18-20(28)9-15-24(26)29;1-2-3-4-5-6-11-20-28-22-18-16-21(17-19-22)27-23-12-7-9-14-25(23)29-26-15-10-8-13-24(26)27;1-2-3-4-5-6-7-12-16-14-10-8-13(15)9-11-14;1-3-7-11-9(5-1)13-10-6-2-4-8-12(10)14-11;;;/h8-15,17-18H,2-7,16H2,1H3;7-10,12-19H,2-6,11,20H2,1H3;8-11H,2-7,12H2,1H3;1-8,13H;3*1H4. The van der Waals surface area contributed by atoms with Gasteiger partial charge in [-0.1, -0.05) is 236 Å². The second kappa shape index (κ2) is 40.7. The molecule has 0 fully saturated rings. The molecule has 3 aliphatic rings. The Hall–Kier alpha value is -7.38. The number of fused-ring (bicyclic) bond motifs is 6. The molecule has 0 saturated heterocycles. The second-order valence-electron chi connectivity index (χ2n) is 22.5. The van der Waals surface area contributed by atoms with E-state index in [9.17, 15) is 0 Å². The third-order valence-corrected chi connectivity index (χ3v) is 17.1. The molecule has 9 aromatic rings. The van der Waals surface area contributed by atoms with E-state index in [0.29, 0.717) is 0 Å². The first-order chi connectivity index (χ1) is 44.3. The van der Waals surface area contributed by atoms with Crippen molar-refractivity contribution in [2.45, 2.75) is 159 Å². The summed E-state index contributed by atoms with van der Waals surface area (Å²) in [4.78, 5) is 4.47. The molecular formula is C81H98Br3N3O6. The molecule has 93 heavy (non-hydrogen) atoms. The van der Waals surface area contributed by atoms with E-state index in [4.69, 9.17) is 28.4 Å². The maximum atomic E-state index is 6.19. The third-order valence-electron chi connectivity index (χ3n) is 15.5. The van der Waals surface area contributed by atoms with Gasteiger partial charge in [-0.15, -0.1) is 0 Å². The summed E-state index contributed by atoms with van der Waals surface area (Å²) in [7, 11) is 0. The Morgan fingerprint density at radius 2 is 0.591 bits per heavy atom. The fraction of sp³-hybridized carbons (Fsp3) is 0.333. The maximum absolute atomic E-state index is 6.19. The van der Waals surface area contributed by atoms with Crippen LogP contribution in [0.3, 0.4) is 0 Å². The molecule has 12 heteroatoms. The van der Waals surface area contributed by atoms with Gasteiger partial charge < -0.3 is 43.5 Å². The lowest BCUT2D eigenvalue weighted by molar-refractivity contribution is 0.304. The van der Waals surface area contributed by atoms with E-state index < -0.39 is 0 Å². The summed E-state index contributed by atoms with van der Waals surface area (Å²) in [5.74, 6) is 7.96. The van der Waals surface area contributed by atoms with Gasteiger partial charge in [-0.2, -0.15) is 0 Å². The van der Waals surface area contributed by atoms with Crippen molar-refractivity contribution >= 4 is 93.3 Å². The number of anilines is 8. The van der Waals surface area contributed by atoms with E-state index in [1.807, 2.05) is 133 Å². The minimum absolute atomic E-state index is 0. The molecule has 0 amide bonds. The monoisotopic (exact) mass is 1450 g/mol. The number of benzene rings is 9. The Labute approximate surface area is 582 Å². The lowest BCUT2D eigenvalue weighted by atomic mass is 10.1. The number of halogens is 3. The molecule has 3 aliphatic heterocycles. The second-order valence-corrected chi connectivity index (χ2v) is 25.3. The third kappa shape index (κ3) is 22.7. The van der Waals surface area contributed by atoms with Gasteiger partial charge in [0.05, 0.1) is 53.9 Å². The van der Waals surface area contributed by atoms with E-state index in [0.717, 1.165) is 143 Å². The van der Waals surface area contributed by atoms with Crippen molar-refractivity contribution in [3.8, 4) is 51.7 Å². The molecule has 0 aromatic heterocycles. The fourth-order valence-electron chi connectivity index (χ4n) is 10.7. The number of nitrogens with zero attached hydrogens (tertiary/aromatic N) is 2. The van der Waals surface area contributed by atoms with Crippen LogP contribution in [0.25, 0.3) is 0 Å². The number of para-hydroxylation sites is 8. The van der Waals surface area contributed by atoms with Crippen LogP contribution in [0.4, 0.5) is 45.5 Å². The lowest BCUT2D eigenvalue weighted by Gasteiger charge is -2.33. The molecule has 0 unspecified atom stereocenters. The van der Waals surface area contributed by atoms with Gasteiger partial charge in [-0.3, -0.25) is 0 Å². The van der Waals surface area contributed by atoms with Crippen LogP contribution in [0, 0.1) is 0 Å². The quantitative estimate of drug-likeness (QED) is 0.0534. The minimum Gasteiger partial charge on any atom is -0.494 e. The molecule has 0 aliphatic carbocycles. The Morgan fingerprint density at radius 3 is 0.978 bits per heavy atom. The maximum Gasteiger partial charge on any atom is 0.152 e. The van der Waals surface area contributed by atoms with Gasteiger partial charge in [0, 0.05) is 24.8 Å². The molecule has 0 spiro atoms. The van der Waals surface area contributed by atoms with E-state index in [1.165, 1.54) is 103 Å². The SMILES string of the molecule is C.C.C.CCCCCCCCOc1ccc(Br)cc1.CCCCCCCCOc1ccc(N2c3ccc(Br)cc3Oc3cc(Br)ccc32)cc1.CCCCCCCCOc1ccc(N2c3ccccc3Oc3ccccc32)cc1.c1ccc2c(c1)Nc1ccccc1O2. The molecule has 12 rings (SSSR count). The van der Waals surface area contributed by atoms with Gasteiger partial charge in [0.25, 0.3) is 0 Å². The van der Waals surface area contributed by atoms with Crippen molar-refractivity contribution in [2.75, 3.05) is 34.9 Å². The Morgan fingerprint density at radius 1 is 0.301 bits per heavy atom. The Kier molecular flexibility index (Phi) is 32.6. The van der Waals surface area contributed by atoms with Gasteiger partial charge in [-0.25, -0.2) is 0 Å². The number of nitrogens with one attached hydrogen (secondary N) is 1. The predicted octanol–water partition coefficient (Wildman–Crippen LogP) is 28.2. The summed E-state index contributed by atoms with van der Waals surface area (Å²) in [5.41, 5.74) is 8.33. The summed E-state index contributed by atoms with van der Waals surface area (Å²) in [6.07, 6.45) is 23.1. The smallest absolute Gasteiger partial charge is 0.152 e. The van der Waals surface area contributed by atoms with Crippen molar-refractivity contribution in [3.63, 3.8) is 0 Å². The number of hydrogen-bond acceptors (Lipinski definition) is 9. The molecule has 0 radical (unpaired) electrons. The van der Waals surface area contributed by atoms with Crippen LogP contribution in [-0.4, -0.2) is 19.8 Å². The molecule has 9 aromatic carbocycles. The number of ether oxygens (including phenoxy) is 6. The average Bonchev–Trinajstić information content (AvgIpc) is 0.787. The number of rotatable bonds is 26. The zero-order valence-corrected chi connectivity index (χ0v) is 57.2. The van der Waals surface area contributed by atoms with Crippen molar-refractivity contribution in [1.29, 1.82) is 0 Å². The summed E-state index contributed by atoms with van der Waals surface area (Å²) >= 11 is 10.5. The van der Waals surface area contributed by atoms with Gasteiger partial charge >= 0.3 is 0 Å². The molecule has 0 bridgehead atoms. The molecule has 494 valence electrons. The summed E-state index contributed by atoms with van der Waals surface area (Å²) in [6, 6.07) is 69.1. The lowest BCUT2D eigenvalue weighted by Crippen LogP contribution is -2.15. The van der Waals surface area contributed by atoms with E-state index >= 15 is 0 Å². The topological polar surface area (TPSA) is 73.9 Å². The summed E-state index contributed by atoms with van der Waals surface area (Å²) in [6.45, 7) is 9.15. The first kappa shape index (κ1) is 74.7. The van der Waals surface area contributed by atoms with Crippen LogP contribution < -0.4 is 43.5 Å². The van der Waals surface area contributed by atoms with Gasteiger partial charge in [0.1, 0.15) is 17.2 Å². The van der Waals surface area contributed by atoms with Crippen LogP contribution in [0.2, 0.25) is 0 Å². The minimum atomic E-state index is 0. The van der Waals surface area contributed by atoms with Crippen molar-refractivity contribution in [2.24, 2.45) is 0 Å². The Bertz CT molecular complexity index is 3400. The highest BCUT2D eigenvalue weighted by Gasteiger charge is 2.27. The highest BCUT2D eigenvalue weighted by atomic mass is 79.9. The molecule has 0 saturated carbocycles. The molecule has 1 N–H and O–H groups in total. The number of unbranched alkanes of at least 4 members (excludes halogenated alkanes) is 15. The predicted molar refractivity (Wildman–Crippen MR) is 405 cm³/mol. The fourth-order valence-corrected chi connectivity index (χ4v) is 11.7. The Balaban J connectivity index is 0.000000204. The average molecular weight is 1450 g/mol. The van der Waals surface area contributed by atoms with E-state index in [2.05, 4.69) is 156 Å². The van der Waals surface area contributed by atoms with Crippen LogP contribution in [-0.2, 0) is 0 Å². The van der Waals surface area contributed by atoms with Gasteiger partial charge in [0.15, 0.2) is 34.5 Å². The van der Waals surface area contributed by atoms with E-state index in [-0.39, 0.29) is 22.3 Å². The first-order valence-electron chi connectivity index (χ1n) is 32.5. The highest BCUT2D eigenvalue weighted by molar-refractivity contribution is 9.11. The first-order valence-corrected chi connectivity index (χ1v) is 34.9. The zero-order valence-electron chi connectivity index (χ0n) is 52.5. The van der Waals surface area contributed by atoms with E-state index in [1.54, 1.807) is 0 Å². The molecule has 0 atom stereocenters. The van der Waals surface area contributed by atoms with Crippen molar-refractivity contribution in [3.05, 3.63) is 220 Å². The highest BCUT2D eigenvalue weighted by Crippen LogP contribution is 2.53. The molecular weight excluding hydrogens is 1350 g/mol. The van der Waals surface area contributed by atoms with Crippen molar-refractivity contribution in [1.82, 2.24) is 0 Å². The van der Waals surface area contributed by atoms with Crippen LogP contribution in [0.5, 0.6) is 51.7 Å². The van der Waals surface area contributed by atoms with Crippen LogP contribution >= 0.6 is 47.8 Å². The van der Waals surface area contributed by atoms with Gasteiger partial charge in [-0.05, 0) is 177 Å². The normalized spacial score (nSPS) is 11.4. The summed E-state index contributed by atoms with van der Waals surface area (Å²) < 4.78 is 38.6. The van der Waals surface area contributed by atoms with Crippen molar-refractivity contribution < 1.29 is 28.4 Å². The molecule has 3 heterocycles.